The maximum Gasteiger partial charge on any atom is 0.268 e. The van der Waals surface area contributed by atoms with Crippen molar-refractivity contribution in [1.82, 2.24) is 9.36 Å². The zero-order chi connectivity index (χ0) is 24.3. The van der Waals surface area contributed by atoms with Crippen molar-refractivity contribution >= 4 is 40.4 Å². The smallest absolute Gasteiger partial charge is 0.268 e. The summed E-state index contributed by atoms with van der Waals surface area (Å²) < 4.78 is 26.5. The molecule has 0 aliphatic rings. The van der Waals surface area contributed by atoms with Gasteiger partial charge in [-0.15, -0.1) is 0 Å². The standard InChI is InChI=1S/C23H22N4O5S2/c1-29-18-12-15(11-16(14-24)21(28)25-22-26-23(33-3)27-34-22)13-19(30-2)20(18)32-10-9-31-17-7-5-4-6-8-17/h4-8,11-13H,9-10H2,1-3H3,(H,25,26,27,28)/b16-11-. The molecule has 3 aromatic rings. The molecule has 176 valence electrons. The highest BCUT2D eigenvalue weighted by atomic mass is 32.2. The minimum Gasteiger partial charge on any atom is -0.493 e. The molecular formula is C23H22N4O5S2. The van der Waals surface area contributed by atoms with Gasteiger partial charge in [0.1, 0.15) is 30.6 Å². The molecule has 0 aliphatic heterocycles. The highest BCUT2D eigenvalue weighted by Crippen LogP contribution is 2.39. The molecule has 34 heavy (non-hydrogen) atoms. The lowest BCUT2D eigenvalue weighted by Gasteiger charge is -2.16. The lowest BCUT2D eigenvalue weighted by molar-refractivity contribution is -0.112. The van der Waals surface area contributed by atoms with Crippen molar-refractivity contribution in [3.8, 4) is 29.1 Å². The van der Waals surface area contributed by atoms with Crippen LogP contribution in [0.1, 0.15) is 5.56 Å². The molecule has 0 bridgehead atoms. The summed E-state index contributed by atoms with van der Waals surface area (Å²) in [6, 6.07) is 14.6. The minimum absolute atomic E-state index is 0.116. The molecule has 3 rings (SSSR count). The molecule has 0 fully saturated rings. The Morgan fingerprint density at radius 2 is 1.82 bits per heavy atom. The average Bonchev–Trinajstić information content (AvgIpc) is 3.33. The lowest BCUT2D eigenvalue weighted by Crippen LogP contribution is -2.13. The van der Waals surface area contributed by atoms with E-state index in [9.17, 15) is 10.1 Å². The number of benzene rings is 2. The molecule has 0 unspecified atom stereocenters. The van der Waals surface area contributed by atoms with Gasteiger partial charge in [-0.3, -0.25) is 10.1 Å². The summed E-state index contributed by atoms with van der Waals surface area (Å²) in [5.41, 5.74) is 0.408. The maximum absolute atomic E-state index is 12.5. The fourth-order valence-corrected chi connectivity index (χ4v) is 3.89. The Bertz CT molecular complexity index is 1170. The second-order valence-corrected chi connectivity index (χ2v) is 8.00. The van der Waals surface area contributed by atoms with Gasteiger partial charge in [0.2, 0.25) is 16.0 Å². The van der Waals surface area contributed by atoms with Gasteiger partial charge in [-0.25, -0.2) is 0 Å². The van der Waals surface area contributed by atoms with Gasteiger partial charge in [0.25, 0.3) is 5.91 Å². The third-order valence-electron chi connectivity index (χ3n) is 4.31. The number of aromatic nitrogens is 2. The van der Waals surface area contributed by atoms with E-state index in [0.29, 0.717) is 39.7 Å². The molecule has 0 atom stereocenters. The van der Waals surface area contributed by atoms with Crippen molar-refractivity contribution in [1.29, 1.82) is 5.26 Å². The largest absolute Gasteiger partial charge is 0.493 e. The van der Waals surface area contributed by atoms with Gasteiger partial charge in [-0.2, -0.15) is 14.6 Å². The number of rotatable bonds is 11. The van der Waals surface area contributed by atoms with Crippen LogP contribution in [0.2, 0.25) is 0 Å². The Balaban J connectivity index is 1.73. The van der Waals surface area contributed by atoms with Gasteiger partial charge in [0, 0.05) is 11.5 Å². The van der Waals surface area contributed by atoms with E-state index in [1.54, 1.807) is 12.1 Å². The van der Waals surface area contributed by atoms with E-state index in [0.717, 1.165) is 17.3 Å². The molecule has 0 spiro atoms. The Morgan fingerprint density at radius 1 is 1.15 bits per heavy atom. The summed E-state index contributed by atoms with van der Waals surface area (Å²) in [4.78, 5) is 16.7. The molecule has 1 amide bonds. The number of thioether (sulfide) groups is 1. The predicted molar refractivity (Wildman–Crippen MR) is 131 cm³/mol. The Labute approximate surface area is 205 Å². The van der Waals surface area contributed by atoms with Crippen LogP contribution in [-0.2, 0) is 4.79 Å². The van der Waals surface area contributed by atoms with E-state index in [2.05, 4.69) is 14.7 Å². The predicted octanol–water partition coefficient (Wildman–Crippen LogP) is 4.28. The fourth-order valence-electron chi connectivity index (χ4n) is 2.77. The third kappa shape index (κ3) is 6.63. The van der Waals surface area contributed by atoms with Crippen LogP contribution < -0.4 is 24.3 Å². The van der Waals surface area contributed by atoms with E-state index in [4.69, 9.17) is 18.9 Å². The summed E-state index contributed by atoms with van der Waals surface area (Å²) in [6.45, 7) is 0.573. The zero-order valence-corrected chi connectivity index (χ0v) is 20.4. The molecular weight excluding hydrogens is 476 g/mol. The number of amides is 1. The van der Waals surface area contributed by atoms with Crippen molar-refractivity contribution < 1.29 is 23.7 Å². The number of nitrogens with zero attached hydrogens (tertiary/aromatic N) is 3. The number of carbonyl (C=O) groups excluding carboxylic acids is 1. The van der Waals surface area contributed by atoms with Crippen molar-refractivity contribution in [3.05, 3.63) is 53.6 Å². The number of hydrogen-bond acceptors (Lipinski definition) is 10. The van der Waals surface area contributed by atoms with Crippen LogP contribution in [0.15, 0.2) is 53.2 Å². The molecule has 0 saturated heterocycles. The zero-order valence-electron chi connectivity index (χ0n) is 18.7. The van der Waals surface area contributed by atoms with Gasteiger partial charge in [-0.1, -0.05) is 30.0 Å². The maximum atomic E-state index is 12.5. The number of para-hydroxylation sites is 1. The first-order chi connectivity index (χ1) is 16.6. The molecule has 1 aromatic heterocycles. The van der Waals surface area contributed by atoms with Gasteiger partial charge in [-0.05, 0) is 42.2 Å². The topological polar surface area (TPSA) is 116 Å². The van der Waals surface area contributed by atoms with Gasteiger partial charge in [0.05, 0.1) is 14.2 Å². The monoisotopic (exact) mass is 498 g/mol. The number of ether oxygens (including phenoxy) is 4. The van der Waals surface area contributed by atoms with Crippen LogP contribution in [0.5, 0.6) is 23.0 Å². The SMILES string of the molecule is COc1cc(/C=C(/C#N)C(=O)Nc2nc(SC)ns2)cc(OC)c1OCCOc1ccccc1. The second kappa shape index (κ2) is 12.5. The van der Waals surface area contributed by atoms with E-state index < -0.39 is 5.91 Å². The summed E-state index contributed by atoms with van der Waals surface area (Å²) in [6.07, 6.45) is 3.26. The summed E-state index contributed by atoms with van der Waals surface area (Å²) >= 11 is 2.40. The quantitative estimate of drug-likeness (QED) is 0.179. The van der Waals surface area contributed by atoms with E-state index >= 15 is 0 Å². The number of nitrogens with one attached hydrogen (secondary N) is 1. The Hall–Kier alpha value is -3.75. The van der Waals surface area contributed by atoms with Crippen LogP contribution in [0.25, 0.3) is 6.08 Å². The fraction of sp³-hybridized carbons (Fsp3) is 0.217. The molecule has 9 nitrogen and oxygen atoms in total. The van der Waals surface area contributed by atoms with Crippen LogP contribution >= 0.6 is 23.3 Å². The van der Waals surface area contributed by atoms with Gasteiger partial charge >= 0.3 is 0 Å². The third-order valence-corrected chi connectivity index (χ3v) is 5.60. The summed E-state index contributed by atoms with van der Waals surface area (Å²) in [7, 11) is 2.98. The normalized spacial score (nSPS) is 10.8. The Kier molecular flexibility index (Phi) is 9.13. The lowest BCUT2D eigenvalue weighted by atomic mass is 10.1. The average molecular weight is 499 g/mol. The highest BCUT2D eigenvalue weighted by Gasteiger charge is 2.17. The minimum atomic E-state index is -0.595. The van der Waals surface area contributed by atoms with E-state index in [1.807, 2.05) is 42.7 Å². The van der Waals surface area contributed by atoms with Crippen molar-refractivity contribution in [2.45, 2.75) is 5.16 Å². The van der Waals surface area contributed by atoms with Crippen molar-refractivity contribution in [2.75, 3.05) is 39.0 Å². The number of anilines is 1. The number of methoxy groups -OCH3 is 2. The first-order valence-corrected chi connectivity index (χ1v) is 11.9. The van der Waals surface area contributed by atoms with Gasteiger partial charge < -0.3 is 18.9 Å². The van der Waals surface area contributed by atoms with E-state index in [-0.39, 0.29) is 12.2 Å². The number of nitriles is 1. The van der Waals surface area contributed by atoms with Crippen LogP contribution in [0.4, 0.5) is 5.13 Å². The molecule has 0 saturated carbocycles. The molecule has 0 radical (unpaired) electrons. The first-order valence-electron chi connectivity index (χ1n) is 9.95. The van der Waals surface area contributed by atoms with Crippen LogP contribution in [0.3, 0.4) is 0 Å². The molecule has 0 aliphatic carbocycles. The van der Waals surface area contributed by atoms with Gasteiger partial charge in [0.15, 0.2) is 11.5 Å². The number of carbonyl (C=O) groups is 1. The highest BCUT2D eigenvalue weighted by molar-refractivity contribution is 7.98. The molecule has 1 N–H and O–H groups in total. The van der Waals surface area contributed by atoms with Crippen molar-refractivity contribution in [3.63, 3.8) is 0 Å². The van der Waals surface area contributed by atoms with Crippen LogP contribution in [-0.4, -0.2) is 49.0 Å². The summed E-state index contributed by atoms with van der Waals surface area (Å²) in [5, 5.41) is 13.0. The molecule has 1 heterocycles. The number of hydrogen-bond donors (Lipinski definition) is 1. The molecule has 2 aromatic carbocycles. The van der Waals surface area contributed by atoms with E-state index in [1.165, 1.54) is 32.1 Å². The second-order valence-electron chi connectivity index (χ2n) is 6.47. The first kappa shape index (κ1) is 24.9. The molecule has 11 heteroatoms. The van der Waals surface area contributed by atoms with Crippen molar-refractivity contribution in [2.24, 2.45) is 0 Å². The Morgan fingerprint density at radius 3 is 2.41 bits per heavy atom. The van der Waals surface area contributed by atoms with Crippen LogP contribution in [0, 0.1) is 11.3 Å². The summed E-state index contributed by atoms with van der Waals surface area (Å²) in [5.74, 6) is 1.31.